The van der Waals surface area contributed by atoms with Crippen molar-refractivity contribution in [1.29, 1.82) is 0 Å². The van der Waals surface area contributed by atoms with E-state index in [1.165, 1.54) is 12.8 Å². The maximum Gasteiger partial charge on any atom is 0.266 e. The Bertz CT molecular complexity index is 629. The number of oxime groups is 1. The highest BCUT2D eigenvalue weighted by atomic mass is 35.5. The molecule has 2 aliphatic rings. The summed E-state index contributed by atoms with van der Waals surface area (Å²) in [7, 11) is 1.84. The van der Waals surface area contributed by atoms with Gasteiger partial charge in [0.05, 0.1) is 10.7 Å². The van der Waals surface area contributed by atoms with Gasteiger partial charge in [-0.05, 0) is 37.8 Å². The van der Waals surface area contributed by atoms with Gasteiger partial charge in [-0.1, -0.05) is 34.4 Å². The fraction of sp³-hybridized carbons (Fsp3) is 0.500. The van der Waals surface area contributed by atoms with Crippen LogP contribution in [0.15, 0.2) is 23.4 Å². The first kappa shape index (κ1) is 15.6. The Morgan fingerprint density at radius 2 is 2.14 bits per heavy atom. The van der Waals surface area contributed by atoms with E-state index >= 15 is 0 Å². The highest BCUT2D eigenvalue weighted by Gasteiger charge is 2.37. The van der Waals surface area contributed by atoms with E-state index in [1.54, 1.807) is 23.1 Å². The Labute approximate surface area is 140 Å². The molecule has 1 aliphatic heterocycles. The number of benzene rings is 1. The topological polar surface area (TPSA) is 41.9 Å². The highest BCUT2D eigenvalue weighted by molar-refractivity contribution is 6.37. The Kier molecular flexibility index (Phi) is 4.33. The van der Waals surface area contributed by atoms with Crippen molar-refractivity contribution in [1.82, 2.24) is 4.90 Å². The van der Waals surface area contributed by atoms with Gasteiger partial charge in [0.1, 0.15) is 0 Å². The average molecular weight is 341 g/mol. The smallest absolute Gasteiger partial charge is 0.266 e. The van der Waals surface area contributed by atoms with Gasteiger partial charge in [0, 0.05) is 30.1 Å². The third-order valence-corrected chi connectivity index (χ3v) is 5.00. The van der Waals surface area contributed by atoms with E-state index in [1.807, 2.05) is 7.05 Å². The first-order valence-electron chi connectivity index (χ1n) is 7.42. The van der Waals surface area contributed by atoms with Crippen molar-refractivity contribution in [3.05, 3.63) is 33.8 Å². The molecule has 0 spiro atoms. The minimum absolute atomic E-state index is 0.0248. The third kappa shape index (κ3) is 3.08. The molecule has 1 amide bonds. The van der Waals surface area contributed by atoms with Crippen LogP contribution in [0.2, 0.25) is 10.0 Å². The van der Waals surface area contributed by atoms with Crippen molar-refractivity contribution in [3.63, 3.8) is 0 Å². The van der Waals surface area contributed by atoms with E-state index in [0.29, 0.717) is 28.1 Å². The van der Waals surface area contributed by atoms with Crippen LogP contribution in [-0.2, 0) is 9.63 Å². The number of likely N-dealkylation sites (N-methyl/N-ethyl adjacent to an activating group) is 1. The van der Waals surface area contributed by atoms with Gasteiger partial charge in [-0.2, -0.15) is 0 Å². The summed E-state index contributed by atoms with van der Waals surface area (Å²) in [6.07, 6.45) is 2.27. The molecule has 1 aromatic rings. The Balaban J connectivity index is 1.67. The molecule has 3 rings (SSSR count). The second-order valence-electron chi connectivity index (χ2n) is 5.99. The molecule has 0 radical (unpaired) electrons. The van der Waals surface area contributed by atoms with Crippen LogP contribution in [-0.4, -0.2) is 35.7 Å². The number of nitrogens with zero attached hydrogens (tertiary/aromatic N) is 2. The van der Waals surface area contributed by atoms with Gasteiger partial charge in [0.2, 0.25) is 6.10 Å². The average Bonchev–Trinajstić information content (AvgIpc) is 3.23. The summed E-state index contributed by atoms with van der Waals surface area (Å²) in [6.45, 7) is 2.09. The summed E-state index contributed by atoms with van der Waals surface area (Å²) in [5, 5.41) is 5.13. The number of rotatable bonds is 4. The van der Waals surface area contributed by atoms with Crippen molar-refractivity contribution in [3.8, 4) is 0 Å². The molecule has 1 aromatic carbocycles. The Hall–Kier alpha value is -1.26. The lowest BCUT2D eigenvalue weighted by Gasteiger charge is -2.26. The van der Waals surface area contributed by atoms with Crippen LogP contribution < -0.4 is 0 Å². The number of hydrogen-bond acceptors (Lipinski definition) is 3. The van der Waals surface area contributed by atoms with E-state index in [2.05, 4.69) is 12.1 Å². The molecule has 0 saturated heterocycles. The van der Waals surface area contributed by atoms with Crippen molar-refractivity contribution >= 4 is 34.8 Å². The first-order valence-corrected chi connectivity index (χ1v) is 8.17. The summed E-state index contributed by atoms with van der Waals surface area (Å²) >= 11 is 12.1. The minimum Gasteiger partial charge on any atom is -0.382 e. The van der Waals surface area contributed by atoms with Crippen molar-refractivity contribution in [2.45, 2.75) is 38.3 Å². The molecule has 0 bridgehead atoms. The second-order valence-corrected chi connectivity index (χ2v) is 6.83. The van der Waals surface area contributed by atoms with Crippen LogP contribution in [0.5, 0.6) is 0 Å². The normalized spacial score (nSPS) is 22.0. The summed E-state index contributed by atoms with van der Waals surface area (Å²) in [5.74, 6) is 0.602. The van der Waals surface area contributed by atoms with E-state index < -0.39 is 6.10 Å². The lowest BCUT2D eigenvalue weighted by Crippen LogP contribution is -2.42. The molecule has 1 heterocycles. The van der Waals surface area contributed by atoms with Crippen molar-refractivity contribution in [2.75, 3.05) is 7.05 Å². The zero-order valence-electron chi connectivity index (χ0n) is 12.6. The summed E-state index contributed by atoms with van der Waals surface area (Å²) in [4.78, 5) is 19.6. The van der Waals surface area contributed by atoms with Gasteiger partial charge in [0.15, 0.2) is 0 Å². The molecule has 118 valence electrons. The van der Waals surface area contributed by atoms with Gasteiger partial charge in [-0.25, -0.2) is 0 Å². The third-order valence-electron chi connectivity index (χ3n) is 4.45. The van der Waals surface area contributed by atoms with Gasteiger partial charge in [0.25, 0.3) is 5.91 Å². The van der Waals surface area contributed by atoms with Crippen LogP contribution in [0.25, 0.3) is 0 Å². The number of carbonyl (C=O) groups excluding carboxylic acids is 1. The fourth-order valence-electron chi connectivity index (χ4n) is 2.72. The monoisotopic (exact) mass is 340 g/mol. The number of halogens is 2. The van der Waals surface area contributed by atoms with Gasteiger partial charge >= 0.3 is 0 Å². The molecular formula is C16H18Cl2N2O2. The molecule has 0 unspecified atom stereocenters. The SMILES string of the molecule is C[C@@H](C1CC1)N(C)C(=O)[C@H]1CC(c2ccc(Cl)cc2Cl)=NO1. The molecule has 1 fully saturated rings. The lowest BCUT2D eigenvalue weighted by molar-refractivity contribution is -0.142. The van der Waals surface area contributed by atoms with Crippen molar-refractivity contribution in [2.24, 2.45) is 11.1 Å². The maximum atomic E-state index is 12.5. The van der Waals surface area contributed by atoms with Crippen LogP contribution >= 0.6 is 23.2 Å². The van der Waals surface area contributed by atoms with Crippen LogP contribution in [0.1, 0.15) is 31.7 Å². The van der Waals surface area contributed by atoms with E-state index in [9.17, 15) is 4.79 Å². The Morgan fingerprint density at radius 3 is 2.77 bits per heavy atom. The van der Waals surface area contributed by atoms with E-state index in [4.69, 9.17) is 28.0 Å². The van der Waals surface area contributed by atoms with Crippen LogP contribution in [0.4, 0.5) is 0 Å². The maximum absolute atomic E-state index is 12.5. The zero-order valence-corrected chi connectivity index (χ0v) is 14.1. The largest absolute Gasteiger partial charge is 0.382 e. The van der Waals surface area contributed by atoms with E-state index in [0.717, 1.165) is 5.56 Å². The zero-order chi connectivity index (χ0) is 15.9. The standard InChI is InChI=1S/C16H18Cl2N2O2/c1-9(10-3-4-10)20(2)16(21)15-8-14(19-22-15)12-6-5-11(17)7-13(12)18/h5-7,9-10,15H,3-4,8H2,1-2H3/t9-,15+/m0/s1. The molecule has 0 aromatic heterocycles. The molecule has 6 heteroatoms. The van der Waals surface area contributed by atoms with Gasteiger partial charge in [-0.15, -0.1) is 0 Å². The molecule has 1 saturated carbocycles. The number of amides is 1. The Morgan fingerprint density at radius 1 is 1.41 bits per heavy atom. The summed E-state index contributed by atoms with van der Waals surface area (Å²) < 4.78 is 0. The predicted molar refractivity (Wildman–Crippen MR) is 87.4 cm³/mol. The molecule has 0 N–H and O–H groups in total. The van der Waals surface area contributed by atoms with E-state index in [-0.39, 0.29) is 11.9 Å². The summed E-state index contributed by atoms with van der Waals surface area (Å²) in [6, 6.07) is 5.47. The predicted octanol–water partition coefficient (Wildman–Crippen LogP) is 3.74. The van der Waals surface area contributed by atoms with Crippen molar-refractivity contribution < 1.29 is 9.63 Å². The number of carbonyl (C=O) groups is 1. The summed E-state index contributed by atoms with van der Waals surface area (Å²) in [5.41, 5.74) is 1.45. The quantitative estimate of drug-likeness (QED) is 0.837. The van der Waals surface area contributed by atoms with Crippen LogP contribution in [0.3, 0.4) is 0 Å². The molecule has 1 aliphatic carbocycles. The second kappa shape index (κ2) is 6.09. The lowest BCUT2D eigenvalue weighted by atomic mass is 10.0. The fourth-order valence-corrected chi connectivity index (χ4v) is 3.23. The molecule has 22 heavy (non-hydrogen) atoms. The minimum atomic E-state index is -0.562. The molecule has 4 nitrogen and oxygen atoms in total. The highest BCUT2D eigenvalue weighted by Crippen LogP contribution is 2.35. The molecular weight excluding hydrogens is 323 g/mol. The van der Waals surface area contributed by atoms with Gasteiger partial charge in [-0.3, -0.25) is 4.79 Å². The van der Waals surface area contributed by atoms with Gasteiger partial charge < -0.3 is 9.74 Å². The van der Waals surface area contributed by atoms with Crippen LogP contribution in [0, 0.1) is 5.92 Å². The number of hydrogen-bond donors (Lipinski definition) is 0. The molecule has 2 atom stereocenters. The first-order chi connectivity index (χ1) is 10.5.